The molecule has 2 saturated heterocycles. The molecule has 2 nitrogen and oxygen atoms in total. The van der Waals surface area contributed by atoms with Gasteiger partial charge in [-0.3, -0.25) is 4.90 Å². The van der Waals surface area contributed by atoms with E-state index in [2.05, 4.69) is 10.2 Å². The molecule has 1 N–H and O–H groups in total. The van der Waals surface area contributed by atoms with E-state index in [0.29, 0.717) is 5.41 Å². The smallest absolute Gasteiger partial charge is 0.317 e. The van der Waals surface area contributed by atoms with Crippen LogP contribution in [0.5, 0.6) is 0 Å². The van der Waals surface area contributed by atoms with Crippen LogP contribution in [0.1, 0.15) is 30.4 Å². The molecule has 2 fully saturated rings. The van der Waals surface area contributed by atoms with Crippen molar-refractivity contribution >= 4 is 0 Å². The zero-order valence-corrected chi connectivity index (χ0v) is 12.0. The fraction of sp³-hybridized carbons (Fsp3) is 0.625. The molecule has 2 aliphatic heterocycles. The van der Waals surface area contributed by atoms with E-state index in [0.717, 1.165) is 38.3 Å². The van der Waals surface area contributed by atoms with Crippen LogP contribution in [0.15, 0.2) is 24.3 Å². The van der Waals surface area contributed by atoms with Crippen LogP contribution in [0.3, 0.4) is 0 Å². The molecule has 21 heavy (non-hydrogen) atoms. The molecule has 1 aromatic rings. The van der Waals surface area contributed by atoms with Gasteiger partial charge in [-0.25, -0.2) is 0 Å². The maximum atomic E-state index is 12.5. The lowest BCUT2D eigenvalue weighted by molar-refractivity contribution is -0.137. The van der Waals surface area contributed by atoms with E-state index in [1.165, 1.54) is 31.4 Å². The van der Waals surface area contributed by atoms with Crippen molar-refractivity contribution in [1.29, 1.82) is 0 Å². The molecule has 0 saturated carbocycles. The van der Waals surface area contributed by atoms with Crippen LogP contribution >= 0.6 is 0 Å². The molecule has 0 bridgehead atoms. The zero-order valence-electron chi connectivity index (χ0n) is 12.0. The van der Waals surface area contributed by atoms with Crippen molar-refractivity contribution in [2.45, 2.75) is 32.0 Å². The van der Waals surface area contributed by atoms with Gasteiger partial charge in [-0.15, -0.1) is 0 Å². The van der Waals surface area contributed by atoms with Gasteiger partial charge in [0.15, 0.2) is 0 Å². The first-order chi connectivity index (χ1) is 9.97. The predicted octanol–water partition coefficient (Wildman–Crippen LogP) is 3.28. The molecule has 0 aromatic heterocycles. The molecule has 2 heterocycles. The zero-order chi connectivity index (χ0) is 14.9. The highest BCUT2D eigenvalue weighted by Crippen LogP contribution is 2.39. The summed E-state index contributed by atoms with van der Waals surface area (Å²) in [5.41, 5.74) is 0.841. The average Bonchev–Trinajstić information content (AvgIpc) is 2.82. The van der Waals surface area contributed by atoms with Gasteiger partial charge in [0, 0.05) is 13.1 Å². The number of benzene rings is 1. The van der Waals surface area contributed by atoms with Crippen molar-refractivity contribution in [2.75, 3.05) is 26.2 Å². The largest absolute Gasteiger partial charge is 0.416 e. The maximum absolute atomic E-state index is 12.5. The van der Waals surface area contributed by atoms with E-state index < -0.39 is 11.7 Å². The number of hydrogen-bond acceptors (Lipinski definition) is 2. The van der Waals surface area contributed by atoms with Crippen LogP contribution in [0.2, 0.25) is 0 Å². The Balaban J connectivity index is 1.60. The fourth-order valence-electron chi connectivity index (χ4n) is 3.59. The van der Waals surface area contributed by atoms with Crippen LogP contribution in [0.4, 0.5) is 13.2 Å². The van der Waals surface area contributed by atoms with E-state index in [-0.39, 0.29) is 0 Å². The molecule has 1 spiro atoms. The third-order valence-electron chi connectivity index (χ3n) is 4.87. The highest BCUT2D eigenvalue weighted by molar-refractivity contribution is 5.24. The first-order valence-corrected chi connectivity index (χ1v) is 7.56. The number of nitrogens with one attached hydrogen (secondary N) is 1. The van der Waals surface area contributed by atoms with Gasteiger partial charge in [-0.05, 0) is 62.0 Å². The van der Waals surface area contributed by atoms with Crippen molar-refractivity contribution in [3.8, 4) is 0 Å². The molecule has 0 amide bonds. The molecule has 2 aliphatic rings. The molecular weight excluding hydrogens is 277 g/mol. The van der Waals surface area contributed by atoms with Gasteiger partial charge in [-0.2, -0.15) is 13.2 Å². The van der Waals surface area contributed by atoms with Crippen molar-refractivity contribution in [1.82, 2.24) is 10.2 Å². The lowest BCUT2D eigenvalue weighted by Gasteiger charge is -2.33. The van der Waals surface area contributed by atoms with Crippen molar-refractivity contribution in [3.05, 3.63) is 35.4 Å². The van der Waals surface area contributed by atoms with Crippen LogP contribution in [-0.2, 0) is 12.7 Å². The fourth-order valence-corrected chi connectivity index (χ4v) is 3.59. The van der Waals surface area contributed by atoms with Gasteiger partial charge in [0.25, 0.3) is 0 Å². The standard InChI is InChI=1S/C16H21F3N2/c17-16(18,19)14-3-1-13(2-4-14)11-21-10-7-15(12-21)5-8-20-9-6-15/h1-4,20H,5-12H2. The molecular formula is C16H21F3N2. The van der Waals surface area contributed by atoms with Crippen molar-refractivity contribution in [3.63, 3.8) is 0 Å². The topological polar surface area (TPSA) is 15.3 Å². The minimum Gasteiger partial charge on any atom is -0.317 e. The van der Waals surface area contributed by atoms with Gasteiger partial charge in [0.2, 0.25) is 0 Å². The molecule has 0 aliphatic carbocycles. The van der Waals surface area contributed by atoms with Gasteiger partial charge in [-0.1, -0.05) is 12.1 Å². The van der Waals surface area contributed by atoms with Crippen LogP contribution in [-0.4, -0.2) is 31.1 Å². The molecule has 0 radical (unpaired) electrons. The molecule has 1 aromatic carbocycles. The Morgan fingerprint density at radius 3 is 2.33 bits per heavy atom. The van der Waals surface area contributed by atoms with E-state index in [9.17, 15) is 13.2 Å². The summed E-state index contributed by atoms with van der Waals surface area (Å²) in [7, 11) is 0. The highest BCUT2D eigenvalue weighted by atomic mass is 19.4. The second-order valence-corrected chi connectivity index (χ2v) is 6.41. The van der Waals surface area contributed by atoms with Gasteiger partial charge in [0.1, 0.15) is 0 Å². The Hall–Kier alpha value is -1.07. The number of likely N-dealkylation sites (tertiary alicyclic amines) is 1. The summed E-state index contributed by atoms with van der Waals surface area (Å²) in [5, 5.41) is 3.40. The van der Waals surface area contributed by atoms with E-state index in [4.69, 9.17) is 0 Å². The number of nitrogens with zero attached hydrogens (tertiary/aromatic N) is 1. The Labute approximate surface area is 123 Å². The van der Waals surface area contributed by atoms with E-state index in [1.807, 2.05) is 0 Å². The van der Waals surface area contributed by atoms with Crippen molar-refractivity contribution < 1.29 is 13.2 Å². The second-order valence-electron chi connectivity index (χ2n) is 6.41. The van der Waals surface area contributed by atoms with E-state index in [1.54, 1.807) is 12.1 Å². The minimum atomic E-state index is -4.24. The van der Waals surface area contributed by atoms with Crippen LogP contribution < -0.4 is 5.32 Å². The van der Waals surface area contributed by atoms with Crippen LogP contribution in [0, 0.1) is 5.41 Å². The third kappa shape index (κ3) is 3.40. The van der Waals surface area contributed by atoms with Gasteiger partial charge in [0.05, 0.1) is 5.56 Å². The quantitative estimate of drug-likeness (QED) is 0.901. The summed E-state index contributed by atoms with van der Waals surface area (Å²) in [5.74, 6) is 0. The molecule has 0 unspecified atom stereocenters. The lowest BCUT2D eigenvalue weighted by atomic mass is 9.78. The van der Waals surface area contributed by atoms with Gasteiger partial charge >= 0.3 is 6.18 Å². The molecule has 5 heteroatoms. The second kappa shape index (κ2) is 5.61. The van der Waals surface area contributed by atoms with E-state index >= 15 is 0 Å². The number of rotatable bonds is 2. The Morgan fingerprint density at radius 1 is 1.05 bits per heavy atom. The minimum absolute atomic E-state index is 0.442. The summed E-state index contributed by atoms with van der Waals surface area (Å²) in [6.07, 6.45) is -0.590. The lowest BCUT2D eigenvalue weighted by Crippen LogP contribution is -2.38. The Kier molecular flexibility index (Phi) is 3.97. The Bertz CT molecular complexity index is 475. The SMILES string of the molecule is FC(F)(F)c1ccc(CN2CCC3(CCNCC3)C2)cc1. The molecule has 0 atom stereocenters. The first kappa shape index (κ1) is 14.9. The average molecular weight is 298 g/mol. The number of piperidine rings is 1. The summed E-state index contributed by atoms with van der Waals surface area (Å²) in [4.78, 5) is 2.38. The molecule has 3 rings (SSSR count). The molecule has 116 valence electrons. The summed E-state index contributed by atoms with van der Waals surface area (Å²) >= 11 is 0. The van der Waals surface area contributed by atoms with Gasteiger partial charge < -0.3 is 5.32 Å². The third-order valence-corrected chi connectivity index (χ3v) is 4.87. The van der Waals surface area contributed by atoms with Crippen molar-refractivity contribution in [2.24, 2.45) is 5.41 Å². The summed E-state index contributed by atoms with van der Waals surface area (Å²) in [6, 6.07) is 5.59. The van der Waals surface area contributed by atoms with Crippen LogP contribution in [0.25, 0.3) is 0 Å². The number of hydrogen-bond donors (Lipinski definition) is 1. The maximum Gasteiger partial charge on any atom is 0.416 e. The first-order valence-electron chi connectivity index (χ1n) is 7.56. The monoisotopic (exact) mass is 298 g/mol. The summed E-state index contributed by atoms with van der Waals surface area (Å²) < 4.78 is 37.6. The normalized spacial score (nSPS) is 22.8. The number of alkyl halides is 3. The number of halogens is 3. The summed E-state index contributed by atoms with van der Waals surface area (Å²) in [6.45, 7) is 5.08. The predicted molar refractivity (Wildman–Crippen MR) is 75.9 cm³/mol. The Morgan fingerprint density at radius 2 is 1.71 bits per heavy atom. The highest BCUT2D eigenvalue weighted by Gasteiger charge is 2.38.